The molecule has 9 nitrogen and oxygen atoms in total. The fourth-order valence-electron chi connectivity index (χ4n) is 4.23. The molecule has 4 aromatic heterocycles. The molecule has 9 heteroatoms. The fraction of sp³-hybridized carbons (Fsp3) is 0.304. The third kappa shape index (κ3) is 3.35. The van der Waals surface area contributed by atoms with Crippen LogP contribution in [0.4, 0.5) is 5.82 Å². The van der Waals surface area contributed by atoms with Crippen LogP contribution in [0.15, 0.2) is 43.2 Å². The van der Waals surface area contributed by atoms with E-state index < -0.39 is 0 Å². The van der Waals surface area contributed by atoms with Gasteiger partial charge in [0.2, 0.25) is 0 Å². The van der Waals surface area contributed by atoms with E-state index in [9.17, 15) is 5.26 Å². The van der Waals surface area contributed by atoms with Crippen molar-refractivity contribution < 1.29 is 0 Å². The molecule has 160 valence electrons. The number of rotatable bonds is 3. The van der Waals surface area contributed by atoms with Gasteiger partial charge in [0.15, 0.2) is 5.65 Å². The molecule has 1 aliphatic rings. The topological polar surface area (TPSA) is 108 Å². The van der Waals surface area contributed by atoms with Gasteiger partial charge in [-0.3, -0.25) is 14.5 Å². The van der Waals surface area contributed by atoms with Gasteiger partial charge in [-0.1, -0.05) is 0 Å². The van der Waals surface area contributed by atoms with Crippen LogP contribution in [-0.4, -0.2) is 54.7 Å². The summed E-state index contributed by atoms with van der Waals surface area (Å²) in [6.45, 7) is 8.01. The summed E-state index contributed by atoms with van der Waals surface area (Å²) in [4.78, 5) is 25.2. The van der Waals surface area contributed by atoms with Gasteiger partial charge in [0, 0.05) is 55.5 Å². The second kappa shape index (κ2) is 7.98. The number of nitrogens with zero attached hydrogens (tertiary/aromatic N) is 8. The highest BCUT2D eigenvalue weighted by molar-refractivity contribution is 6.02. The van der Waals surface area contributed by atoms with Crippen LogP contribution < -0.4 is 10.2 Å². The van der Waals surface area contributed by atoms with Crippen molar-refractivity contribution in [3.8, 4) is 23.1 Å². The maximum Gasteiger partial charge on any atom is 0.151 e. The lowest BCUT2D eigenvalue weighted by molar-refractivity contribution is 0.423. The summed E-state index contributed by atoms with van der Waals surface area (Å²) in [6.07, 6.45) is 8.58. The summed E-state index contributed by atoms with van der Waals surface area (Å²) in [6, 6.07) is 6.23. The zero-order valence-corrected chi connectivity index (χ0v) is 18.2. The lowest BCUT2D eigenvalue weighted by Crippen LogP contribution is -2.54. The van der Waals surface area contributed by atoms with Crippen molar-refractivity contribution in [2.75, 3.05) is 18.0 Å². The minimum absolute atomic E-state index is 0.267. The molecule has 0 unspecified atom stereocenters. The molecular formula is C23H23N9. The highest BCUT2D eigenvalue weighted by atomic mass is 15.3. The molecule has 2 atom stereocenters. The molecule has 0 bridgehead atoms. The maximum atomic E-state index is 9.37. The Morgan fingerprint density at radius 2 is 1.94 bits per heavy atom. The van der Waals surface area contributed by atoms with E-state index in [1.165, 1.54) is 0 Å². The molecule has 0 aromatic carbocycles. The highest BCUT2D eigenvalue weighted by Gasteiger charge is 2.28. The molecule has 0 amide bonds. The van der Waals surface area contributed by atoms with Gasteiger partial charge < -0.3 is 10.2 Å². The van der Waals surface area contributed by atoms with Gasteiger partial charge in [-0.05, 0) is 32.9 Å². The normalized spacial score (nSPS) is 18.6. The van der Waals surface area contributed by atoms with E-state index in [0.29, 0.717) is 17.4 Å². The highest BCUT2D eigenvalue weighted by Crippen LogP contribution is 2.37. The summed E-state index contributed by atoms with van der Waals surface area (Å²) in [5.41, 5.74) is 3.74. The van der Waals surface area contributed by atoms with Gasteiger partial charge in [-0.25, -0.2) is 15.0 Å². The molecule has 1 N–H and O–H groups in total. The van der Waals surface area contributed by atoms with Crippen molar-refractivity contribution in [1.29, 1.82) is 5.26 Å². The Labute approximate surface area is 185 Å². The van der Waals surface area contributed by atoms with Gasteiger partial charge >= 0.3 is 0 Å². The third-order valence-corrected chi connectivity index (χ3v) is 5.86. The standard InChI is InChI=1S/C23H23N9/c1-14-11-31(15(2)10-28-14)22-20-18(21-16(3)25-6-7-27-21)12-32(23(20)30-13-29-22)19-8-17(9-24)4-5-26-19/h4-8,12-15,28H,10-11H2,1-3H3/t14-,15+/m1/s1. The number of anilines is 1. The number of hydrogen-bond acceptors (Lipinski definition) is 8. The molecule has 32 heavy (non-hydrogen) atoms. The van der Waals surface area contributed by atoms with Crippen LogP contribution in [0.25, 0.3) is 28.1 Å². The van der Waals surface area contributed by atoms with Crippen LogP contribution in [0.1, 0.15) is 25.1 Å². The Kier molecular flexibility index (Phi) is 4.99. The number of nitrogens with one attached hydrogen (secondary N) is 1. The van der Waals surface area contributed by atoms with Crippen LogP contribution in [0.2, 0.25) is 0 Å². The number of piperazine rings is 1. The van der Waals surface area contributed by atoms with Crippen LogP contribution >= 0.6 is 0 Å². The number of aryl methyl sites for hydroxylation is 1. The first-order valence-corrected chi connectivity index (χ1v) is 10.6. The number of nitriles is 1. The summed E-state index contributed by atoms with van der Waals surface area (Å²) in [7, 11) is 0. The van der Waals surface area contributed by atoms with E-state index in [1.54, 1.807) is 37.1 Å². The van der Waals surface area contributed by atoms with Gasteiger partial charge in [-0.2, -0.15) is 5.26 Å². The molecule has 5 rings (SSSR count). The Bertz CT molecular complexity index is 1340. The second-order valence-corrected chi connectivity index (χ2v) is 8.12. The molecule has 0 aliphatic carbocycles. The van der Waals surface area contributed by atoms with E-state index in [-0.39, 0.29) is 6.04 Å². The summed E-state index contributed by atoms with van der Waals surface area (Å²) >= 11 is 0. The first-order chi connectivity index (χ1) is 15.6. The van der Waals surface area contributed by atoms with E-state index >= 15 is 0 Å². The molecule has 4 aromatic rings. The molecular weight excluding hydrogens is 402 g/mol. The summed E-state index contributed by atoms with van der Waals surface area (Å²) in [5.74, 6) is 1.49. The average Bonchev–Trinajstić information content (AvgIpc) is 3.21. The molecule has 1 aliphatic heterocycles. The van der Waals surface area contributed by atoms with Crippen molar-refractivity contribution in [3.63, 3.8) is 0 Å². The Morgan fingerprint density at radius 1 is 1.09 bits per heavy atom. The van der Waals surface area contributed by atoms with Gasteiger partial charge in [-0.15, -0.1) is 0 Å². The SMILES string of the molecule is Cc1nccnc1-c1cn(-c2cc(C#N)ccn2)c2ncnc(N3C[C@@H](C)NC[C@@H]3C)c12. The first-order valence-electron chi connectivity index (χ1n) is 10.6. The van der Waals surface area contributed by atoms with E-state index in [0.717, 1.165) is 46.9 Å². The Hall–Kier alpha value is -3.90. The average molecular weight is 426 g/mol. The van der Waals surface area contributed by atoms with Crippen LogP contribution in [0.3, 0.4) is 0 Å². The predicted molar refractivity (Wildman–Crippen MR) is 121 cm³/mol. The van der Waals surface area contributed by atoms with Crippen molar-refractivity contribution >= 4 is 16.9 Å². The largest absolute Gasteiger partial charge is 0.350 e. The van der Waals surface area contributed by atoms with Gasteiger partial charge in [0.1, 0.15) is 18.0 Å². The fourth-order valence-corrected chi connectivity index (χ4v) is 4.23. The van der Waals surface area contributed by atoms with E-state index in [4.69, 9.17) is 4.98 Å². The van der Waals surface area contributed by atoms with Crippen molar-refractivity contribution in [2.45, 2.75) is 32.9 Å². The Morgan fingerprint density at radius 3 is 2.75 bits per heavy atom. The monoisotopic (exact) mass is 425 g/mol. The molecule has 1 fully saturated rings. The van der Waals surface area contributed by atoms with E-state index in [1.807, 2.05) is 17.7 Å². The maximum absolute atomic E-state index is 9.37. The number of pyridine rings is 1. The third-order valence-electron chi connectivity index (χ3n) is 5.86. The Balaban J connectivity index is 1.81. The first kappa shape index (κ1) is 20.0. The van der Waals surface area contributed by atoms with Crippen molar-refractivity contribution in [1.82, 2.24) is 34.8 Å². The minimum atomic E-state index is 0.267. The zero-order valence-electron chi connectivity index (χ0n) is 18.2. The second-order valence-electron chi connectivity index (χ2n) is 8.12. The number of aromatic nitrogens is 6. The number of fused-ring (bicyclic) bond motifs is 1. The van der Waals surface area contributed by atoms with Crippen molar-refractivity contribution in [2.24, 2.45) is 0 Å². The van der Waals surface area contributed by atoms with Crippen LogP contribution in [-0.2, 0) is 0 Å². The van der Waals surface area contributed by atoms with Crippen LogP contribution in [0.5, 0.6) is 0 Å². The summed E-state index contributed by atoms with van der Waals surface area (Å²) < 4.78 is 1.90. The molecule has 0 radical (unpaired) electrons. The molecule has 0 spiro atoms. The van der Waals surface area contributed by atoms with Gasteiger partial charge in [0.25, 0.3) is 0 Å². The van der Waals surface area contributed by atoms with Gasteiger partial charge in [0.05, 0.1) is 28.4 Å². The minimum Gasteiger partial charge on any atom is -0.350 e. The molecule has 5 heterocycles. The molecule has 1 saturated heterocycles. The quantitative estimate of drug-likeness (QED) is 0.534. The predicted octanol–water partition coefficient (Wildman–Crippen LogP) is 2.64. The number of hydrogen-bond donors (Lipinski definition) is 1. The van der Waals surface area contributed by atoms with E-state index in [2.05, 4.69) is 50.1 Å². The zero-order chi connectivity index (χ0) is 22.2. The van der Waals surface area contributed by atoms with Crippen LogP contribution in [0, 0.1) is 18.3 Å². The summed E-state index contributed by atoms with van der Waals surface area (Å²) in [5, 5.41) is 13.8. The lowest BCUT2D eigenvalue weighted by Gasteiger charge is -2.38. The lowest BCUT2D eigenvalue weighted by atomic mass is 10.1. The van der Waals surface area contributed by atoms with Crippen molar-refractivity contribution in [3.05, 3.63) is 54.5 Å². The molecule has 0 saturated carbocycles. The smallest absolute Gasteiger partial charge is 0.151 e.